The Morgan fingerprint density at radius 2 is 1.42 bits per heavy atom. The minimum absolute atomic E-state index is 0.00674. The molecule has 0 bridgehead atoms. The normalized spacial score (nSPS) is 13.6. The first-order valence-corrected chi connectivity index (χ1v) is 16.9. The van der Waals surface area contributed by atoms with Crippen LogP contribution in [0.25, 0.3) is 11.3 Å². The quantitative estimate of drug-likeness (QED) is 0.246. The first-order valence-electron chi connectivity index (χ1n) is 16.9. The summed E-state index contributed by atoms with van der Waals surface area (Å²) in [4.78, 5) is 60.1. The lowest BCUT2D eigenvalue weighted by Crippen LogP contribution is -2.51. The van der Waals surface area contributed by atoms with Gasteiger partial charge in [-0.2, -0.15) is 0 Å². The molecule has 0 radical (unpaired) electrons. The van der Waals surface area contributed by atoms with Crippen LogP contribution in [-0.2, 0) is 23.6 Å². The number of aromatic nitrogens is 2. The lowest BCUT2D eigenvalue weighted by Gasteiger charge is -2.35. The van der Waals surface area contributed by atoms with Crippen molar-refractivity contribution in [3.8, 4) is 11.3 Å². The van der Waals surface area contributed by atoms with E-state index in [0.29, 0.717) is 54.4 Å². The number of benzene rings is 3. The highest BCUT2D eigenvalue weighted by Crippen LogP contribution is 2.28. The number of hydrogen-bond donors (Lipinski definition) is 1. The van der Waals surface area contributed by atoms with Gasteiger partial charge in [0.25, 0.3) is 17.4 Å². The average molecular weight is 678 g/mol. The molecule has 1 N–H and O–H groups in total. The van der Waals surface area contributed by atoms with Crippen LogP contribution in [0.1, 0.15) is 84.6 Å². The van der Waals surface area contributed by atoms with Gasteiger partial charge in [-0.3, -0.25) is 14.4 Å². The van der Waals surface area contributed by atoms with Crippen LogP contribution in [0.3, 0.4) is 0 Å². The van der Waals surface area contributed by atoms with Gasteiger partial charge >= 0.3 is 6.09 Å². The van der Waals surface area contributed by atoms with Crippen LogP contribution in [0, 0.1) is 6.92 Å². The van der Waals surface area contributed by atoms with Crippen LogP contribution in [0.15, 0.2) is 77.7 Å². The third-order valence-electron chi connectivity index (χ3n) is 8.80. The molecule has 1 aliphatic rings. The van der Waals surface area contributed by atoms with Crippen molar-refractivity contribution >= 4 is 23.6 Å². The van der Waals surface area contributed by atoms with E-state index in [-0.39, 0.29) is 35.3 Å². The molecule has 1 aliphatic heterocycles. The third kappa shape index (κ3) is 8.48. The molecule has 3 amide bonds. The molecule has 262 valence electrons. The topological polar surface area (TPSA) is 114 Å². The number of carbonyl (C=O) groups is 3. The van der Waals surface area contributed by atoms with Crippen LogP contribution in [0.5, 0.6) is 0 Å². The smallest absolute Gasteiger partial charge is 0.410 e. The Bertz CT molecular complexity index is 1940. The summed E-state index contributed by atoms with van der Waals surface area (Å²) < 4.78 is 6.98. The number of amides is 3. The highest BCUT2D eigenvalue weighted by molar-refractivity contribution is 6.05. The zero-order valence-corrected chi connectivity index (χ0v) is 30.3. The maximum absolute atomic E-state index is 13.2. The van der Waals surface area contributed by atoms with E-state index in [4.69, 9.17) is 9.72 Å². The summed E-state index contributed by atoms with van der Waals surface area (Å²) in [5.41, 5.74) is 5.59. The van der Waals surface area contributed by atoms with Crippen LogP contribution >= 0.6 is 0 Å². The van der Waals surface area contributed by atoms with E-state index < -0.39 is 5.60 Å². The fourth-order valence-corrected chi connectivity index (χ4v) is 5.84. The Morgan fingerprint density at radius 3 is 2.02 bits per heavy atom. The van der Waals surface area contributed by atoms with Crippen molar-refractivity contribution in [1.29, 1.82) is 0 Å². The summed E-state index contributed by atoms with van der Waals surface area (Å²) in [6.45, 7) is 15.5. The van der Waals surface area contributed by atoms with E-state index in [1.807, 2.05) is 82.3 Å². The van der Waals surface area contributed by atoms with Gasteiger partial charge in [-0.15, -0.1) is 0 Å². The van der Waals surface area contributed by atoms with Crippen molar-refractivity contribution in [3.63, 3.8) is 0 Å². The van der Waals surface area contributed by atoms with Gasteiger partial charge in [0.2, 0.25) is 0 Å². The molecular weight excluding hydrogens is 630 g/mol. The number of nitrogens with zero attached hydrogens (tertiary/aromatic N) is 4. The van der Waals surface area contributed by atoms with E-state index in [1.54, 1.807) is 35.2 Å². The number of hydrogen-bond acceptors (Lipinski definition) is 6. The van der Waals surface area contributed by atoms with Crippen LogP contribution in [0.4, 0.5) is 10.5 Å². The highest BCUT2D eigenvalue weighted by atomic mass is 16.6. The van der Waals surface area contributed by atoms with Gasteiger partial charge in [0.15, 0.2) is 0 Å². The van der Waals surface area contributed by atoms with Gasteiger partial charge in [-0.05, 0) is 80.1 Å². The Hall–Kier alpha value is -5.25. The van der Waals surface area contributed by atoms with Gasteiger partial charge in [-0.25, -0.2) is 9.78 Å². The van der Waals surface area contributed by atoms with Gasteiger partial charge in [0.05, 0.1) is 5.69 Å². The monoisotopic (exact) mass is 677 g/mol. The summed E-state index contributed by atoms with van der Waals surface area (Å²) >= 11 is 0. The van der Waals surface area contributed by atoms with Crippen molar-refractivity contribution in [2.45, 2.75) is 65.9 Å². The molecule has 0 aliphatic carbocycles. The van der Waals surface area contributed by atoms with Crippen molar-refractivity contribution in [2.75, 3.05) is 31.5 Å². The van der Waals surface area contributed by atoms with Crippen molar-refractivity contribution in [2.24, 2.45) is 7.05 Å². The minimum Gasteiger partial charge on any atom is -0.444 e. The second kappa shape index (κ2) is 14.3. The summed E-state index contributed by atoms with van der Waals surface area (Å²) in [6, 6.07) is 20.5. The summed E-state index contributed by atoms with van der Waals surface area (Å²) in [5.74, 6) is -0.314. The first-order chi connectivity index (χ1) is 23.5. The Kier molecular flexibility index (Phi) is 10.3. The number of ether oxygens (including phenoxy) is 1. The molecule has 0 spiro atoms. The molecule has 1 aromatic heterocycles. The average Bonchev–Trinajstić information content (AvgIpc) is 3.06. The summed E-state index contributed by atoms with van der Waals surface area (Å²) in [6.07, 6.45) is 1.61. The Balaban J connectivity index is 1.27. The van der Waals surface area contributed by atoms with Gasteiger partial charge < -0.3 is 24.4 Å². The largest absolute Gasteiger partial charge is 0.444 e. The fraction of sp³-hybridized carbons (Fsp3) is 0.375. The van der Waals surface area contributed by atoms with Crippen molar-refractivity contribution in [3.05, 3.63) is 117 Å². The molecular formula is C40H47N5O5. The van der Waals surface area contributed by atoms with Crippen molar-refractivity contribution in [1.82, 2.24) is 19.4 Å². The molecule has 10 heteroatoms. The van der Waals surface area contributed by atoms with Crippen molar-refractivity contribution < 1.29 is 19.1 Å². The zero-order valence-electron chi connectivity index (χ0n) is 30.3. The highest BCUT2D eigenvalue weighted by Gasteiger charge is 2.28. The number of nitrogens with one attached hydrogen (secondary N) is 1. The predicted octanol–water partition coefficient (Wildman–Crippen LogP) is 6.59. The summed E-state index contributed by atoms with van der Waals surface area (Å²) in [5, 5.41) is 3.04. The molecule has 4 aromatic rings. The van der Waals surface area contributed by atoms with Crippen LogP contribution in [-0.4, -0.2) is 69.0 Å². The van der Waals surface area contributed by atoms with E-state index in [0.717, 1.165) is 22.3 Å². The van der Waals surface area contributed by atoms with E-state index in [2.05, 4.69) is 26.1 Å². The van der Waals surface area contributed by atoms with E-state index >= 15 is 0 Å². The number of aryl methyl sites for hydroxylation is 1. The maximum Gasteiger partial charge on any atom is 0.410 e. The number of rotatable bonds is 6. The predicted molar refractivity (Wildman–Crippen MR) is 196 cm³/mol. The standard InChI is InChI=1S/C40H47N5O5/c1-26-31(10-9-11-32(26)42-35(46)28-16-18-30(19-17-28)39(2,3)4)34-25-43(8)37(48)33(41-34)24-27-12-14-29(15-13-27)36(47)44-20-22-45(23-21-44)38(49)50-40(5,6)7/h9-19,25H,20-24H2,1-8H3,(H,42,46). The van der Waals surface area contributed by atoms with E-state index in [9.17, 15) is 19.2 Å². The van der Waals surface area contributed by atoms with Gasteiger partial charge in [-0.1, -0.05) is 57.2 Å². The molecule has 1 saturated heterocycles. The molecule has 2 heterocycles. The maximum atomic E-state index is 13.2. The molecule has 0 atom stereocenters. The first kappa shape index (κ1) is 36.0. The molecule has 0 saturated carbocycles. The third-order valence-corrected chi connectivity index (χ3v) is 8.80. The fourth-order valence-electron chi connectivity index (χ4n) is 5.84. The second-order valence-electron chi connectivity index (χ2n) is 14.9. The minimum atomic E-state index is -0.573. The van der Waals surface area contributed by atoms with Gasteiger partial charge in [0, 0.05) is 68.2 Å². The lowest BCUT2D eigenvalue weighted by molar-refractivity contribution is 0.0141. The van der Waals surface area contributed by atoms with Crippen LogP contribution in [0.2, 0.25) is 0 Å². The van der Waals surface area contributed by atoms with Crippen LogP contribution < -0.4 is 10.9 Å². The zero-order chi connectivity index (χ0) is 36.4. The van der Waals surface area contributed by atoms with E-state index in [1.165, 1.54) is 4.57 Å². The number of anilines is 1. The van der Waals surface area contributed by atoms with Gasteiger partial charge in [0.1, 0.15) is 11.3 Å². The Labute approximate surface area is 294 Å². The number of piperazine rings is 1. The summed E-state index contributed by atoms with van der Waals surface area (Å²) in [7, 11) is 1.70. The SMILES string of the molecule is Cc1c(NC(=O)c2ccc(C(C)(C)C)cc2)cccc1-c1cn(C)c(=O)c(Cc2ccc(C(=O)N3CCN(C(=O)OC(C)(C)C)CC3)cc2)n1. The molecule has 5 rings (SSSR count). The lowest BCUT2D eigenvalue weighted by atomic mass is 9.86. The Morgan fingerprint density at radius 1 is 0.820 bits per heavy atom. The second-order valence-corrected chi connectivity index (χ2v) is 14.9. The molecule has 3 aromatic carbocycles. The molecule has 1 fully saturated rings. The molecule has 10 nitrogen and oxygen atoms in total. The molecule has 0 unspecified atom stereocenters. The molecule has 50 heavy (non-hydrogen) atoms. The number of carbonyl (C=O) groups excluding carboxylic acids is 3.